The molecule has 202 valence electrons. The first-order valence-corrected chi connectivity index (χ1v) is 14.1. The van der Waals surface area contributed by atoms with Gasteiger partial charge in [0.25, 0.3) is 0 Å². The molecule has 0 aliphatic rings. The summed E-state index contributed by atoms with van der Waals surface area (Å²) in [5.74, 6) is -0.0337. The SMILES string of the molecule is CC(C)CNC(=O)[C@H](Cc1ccccc1)N(Cc1c(Cl)cccc1Cl)C(=O)CCc1cccc2ccccc12. The van der Waals surface area contributed by atoms with Crippen molar-refractivity contribution in [2.24, 2.45) is 5.92 Å². The van der Waals surface area contributed by atoms with Crippen LogP contribution in [-0.2, 0) is 29.0 Å². The van der Waals surface area contributed by atoms with Gasteiger partial charge in [-0.3, -0.25) is 9.59 Å². The standard InChI is InChI=1S/C33H34Cl2N2O2/c1-23(2)21-36-33(39)31(20-24-10-4-3-5-11-24)37(22-28-29(34)16-9-17-30(28)35)32(38)19-18-26-14-8-13-25-12-6-7-15-27(25)26/h3-17,23,31H,18-22H2,1-2H3,(H,36,39)/t31-/m0/s1. The van der Waals surface area contributed by atoms with Gasteiger partial charge in [0, 0.05) is 41.5 Å². The fraction of sp³-hybridized carbons (Fsp3) is 0.273. The molecule has 0 aromatic heterocycles. The molecule has 0 spiro atoms. The van der Waals surface area contributed by atoms with Gasteiger partial charge in [-0.1, -0.05) is 116 Å². The summed E-state index contributed by atoms with van der Waals surface area (Å²) in [5.41, 5.74) is 2.70. The number of nitrogens with one attached hydrogen (secondary N) is 1. The van der Waals surface area contributed by atoms with Crippen LogP contribution in [0.3, 0.4) is 0 Å². The van der Waals surface area contributed by atoms with Gasteiger partial charge in [0.05, 0.1) is 0 Å². The Labute approximate surface area is 240 Å². The fourth-order valence-electron chi connectivity index (χ4n) is 4.73. The number of hydrogen-bond acceptors (Lipinski definition) is 2. The number of carbonyl (C=O) groups is 2. The van der Waals surface area contributed by atoms with Crippen LogP contribution in [0.15, 0.2) is 91.0 Å². The first kappa shape index (κ1) is 28.7. The van der Waals surface area contributed by atoms with E-state index in [2.05, 4.69) is 29.6 Å². The lowest BCUT2D eigenvalue weighted by molar-refractivity contribution is -0.141. The lowest BCUT2D eigenvalue weighted by Crippen LogP contribution is -2.51. The molecule has 0 bridgehead atoms. The minimum absolute atomic E-state index is 0.125. The van der Waals surface area contributed by atoms with E-state index in [1.807, 2.05) is 62.4 Å². The maximum absolute atomic E-state index is 14.0. The zero-order chi connectivity index (χ0) is 27.8. The second-order valence-electron chi connectivity index (χ2n) is 10.2. The van der Waals surface area contributed by atoms with Gasteiger partial charge in [-0.2, -0.15) is 0 Å². The van der Waals surface area contributed by atoms with Crippen molar-refractivity contribution in [2.45, 2.75) is 45.7 Å². The van der Waals surface area contributed by atoms with Crippen LogP contribution in [0, 0.1) is 5.92 Å². The summed E-state index contributed by atoms with van der Waals surface area (Å²) < 4.78 is 0. The molecule has 4 nitrogen and oxygen atoms in total. The molecular weight excluding hydrogens is 527 g/mol. The number of benzene rings is 4. The normalized spacial score (nSPS) is 11.9. The molecule has 0 saturated heterocycles. The number of halogens is 2. The number of fused-ring (bicyclic) bond motifs is 1. The van der Waals surface area contributed by atoms with Gasteiger partial charge in [0.15, 0.2) is 0 Å². The van der Waals surface area contributed by atoms with Crippen LogP contribution < -0.4 is 5.32 Å². The molecule has 0 aliphatic carbocycles. The number of amides is 2. The summed E-state index contributed by atoms with van der Waals surface area (Å²) in [6.07, 6.45) is 1.18. The van der Waals surface area contributed by atoms with E-state index >= 15 is 0 Å². The van der Waals surface area contributed by atoms with Gasteiger partial charge < -0.3 is 10.2 Å². The molecule has 6 heteroatoms. The number of nitrogens with zero attached hydrogens (tertiary/aromatic N) is 1. The molecule has 0 radical (unpaired) electrons. The quantitative estimate of drug-likeness (QED) is 0.206. The summed E-state index contributed by atoms with van der Waals surface area (Å²) >= 11 is 13.1. The molecule has 0 aliphatic heterocycles. The van der Waals surface area contributed by atoms with Gasteiger partial charge in [-0.25, -0.2) is 0 Å². The van der Waals surface area contributed by atoms with E-state index in [0.717, 1.165) is 21.9 Å². The predicted molar refractivity (Wildman–Crippen MR) is 161 cm³/mol. The number of rotatable bonds is 11. The topological polar surface area (TPSA) is 49.4 Å². The van der Waals surface area contributed by atoms with Crippen LogP contribution in [0.25, 0.3) is 10.8 Å². The second-order valence-corrected chi connectivity index (χ2v) is 11.0. The highest BCUT2D eigenvalue weighted by atomic mass is 35.5. The molecule has 39 heavy (non-hydrogen) atoms. The number of hydrogen-bond donors (Lipinski definition) is 1. The van der Waals surface area contributed by atoms with Gasteiger partial charge in [0.1, 0.15) is 6.04 Å². The van der Waals surface area contributed by atoms with Crippen molar-refractivity contribution in [1.29, 1.82) is 0 Å². The Balaban J connectivity index is 1.67. The largest absolute Gasteiger partial charge is 0.354 e. The second kappa shape index (κ2) is 13.6. The minimum Gasteiger partial charge on any atom is -0.354 e. The zero-order valence-electron chi connectivity index (χ0n) is 22.4. The Morgan fingerprint density at radius 3 is 2.18 bits per heavy atom. The molecule has 1 atom stereocenters. The van der Waals surface area contributed by atoms with Crippen LogP contribution in [0.2, 0.25) is 10.0 Å². The minimum atomic E-state index is -0.724. The van der Waals surface area contributed by atoms with E-state index in [9.17, 15) is 9.59 Å². The van der Waals surface area contributed by atoms with Crippen LogP contribution in [0.4, 0.5) is 0 Å². The Morgan fingerprint density at radius 2 is 1.46 bits per heavy atom. The summed E-state index contributed by atoms with van der Waals surface area (Å²) in [4.78, 5) is 29.3. The third-order valence-corrected chi connectivity index (χ3v) is 7.54. The van der Waals surface area contributed by atoms with Gasteiger partial charge in [0.2, 0.25) is 11.8 Å². The highest BCUT2D eigenvalue weighted by molar-refractivity contribution is 6.36. The van der Waals surface area contributed by atoms with Crippen molar-refractivity contribution >= 4 is 45.8 Å². The van der Waals surface area contributed by atoms with E-state index < -0.39 is 6.04 Å². The molecule has 0 fully saturated rings. The lowest BCUT2D eigenvalue weighted by atomic mass is 9.99. The smallest absolute Gasteiger partial charge is 0.243 e. The fourth-order valence-corrected chi connectivity index (χ4v) is 5.24. The molecular formula is C33H34Cl2N2O2. The third kappa shape index (κ3) is 7.62. The average molecular weight is 562 g/mol. The Kier molecular flexibility index (Phi) is 10.0. The maximum Gasteiger partial charge on any atom is 0.243 e. The lowest BCUT2D eigenvalue weighted by Gasteiger charge is -2.32. The van der Waals surface area contributed by atoms with Gasteiger partial charge in [-0.15, -0.1) is 0 Å². The van der Waals surface area contributed by atoms with Crippen molar-refractivity contribution in [3.8, 4) is 0 Å². The Bertz CT molecular complexity index is 1400. The molecule has 1 N–H and O–H groups in total. The third-order valence-electron chi connectivity index (χ3n) is 6.83. The molecule has 0 heterocycles. The monoisotopic (exact) mass is 560 g/mol. The first-order valence-electron chi connectivity index (χ1n) is 13.3. The van der Waals surface area contributed by atoms with E-state index in [4.69, 9.17) is 23.2 Å². The van der Waals surface area contributed by atoms with Crippen molar-refractivity contribution in [2.75, 3.05) is 6.54 Å². The van der Waals surface area contributed by atoms with Crippen LogP contribution in [0.1, 0.15) is 37.0 Å². The first-order chi connectivity index (χ1) is 18.8. The van der Waals surface area contributed by atoms with E-state index in [-0.39, 0.29) is 30.7 Å². The molecule has 2 amide bonds. The highest BCUT2D eigenvalue weighted by Gasteiger charge is 2.31. The predicted octanol–water partition coefficient (Wildman–Crippen LogP) is 7.49. The van der Waals surface area contributed by atoms with Gasteiger partial charge >= 0.3 is 0 Å². The van der Waals surface area contributed by atoms with E-state index in [0.29, 0.717) is 35.0 Å². The van der Waals surface area contributed by atoms with Crippen molar-refractivity contribution < 1.29 is 9.59 Å². The summed E-state index contributed by atoms with van der Waals surface area (Å²) in [6, 6.07) is 28.6. The van der Waals surface area contributed by atoms with E-state index in [1.54, 1.807) is 23.1 Å². The summed E-state index contributed by atoms with van der Waals surface area (Å²) in [7, 11) is 0. The van der Waals surface area contributed by atoms with Crippen molar-refractivity contribution in [3.63, 3.8) is 0 Å². The van der Waals surface area contributed by atoms with Crippen molar-refractivity contribution in [3.05, 3.63) is 118 Å². The Morgan fingerprint density at radius 1 is 0.821 bits per heavy atom. The zero-order valence-corrected chi connectivity index (χ0v) is 23.9. The van der Waals surface area contributed by atoms with Crippen LogP contribution >= 0.6 is 23.2 Å². The number of carbonyl (C=O) groups excluding carboxylic acids is 2. The van der Waals surface area contributed by atoms with Crippen molar-refractivity contribution in [1.82, 2.24) is 10.2 Å². The molecule has 4 aromatic rings. The number of aryl methyl sites for hydroxylation is 1. The summed E-state index contributed by atoms with van der Waals surface area (Å²) in [5, 5.41) is 6.25. The van der Waals surface area contributed by atoms with E-state index in [1.165, 1.54) is 0 Å². The summed E-state index contributed by atoms with van der Waals surface area (Å²) in [6.45, 7) is 4.75. The van der Waals surface area contributed by atoms with Crippen LogP contribution in [-0.4, -0.2) is 29.3 Å². The maximum atomic E-state index is 14.0. The molecule has 4 aromatic carbocycles. The highest BCUT2D eigenvalue weighted by Crippen LogP contribution is 2.28. The molecule has 0 saturated carbocycles. The average Bonchev–Trinajstić information content (AvgIpc) is 2.94. The van der Waals surface area contributed by atoms with Gasteiger partial charge in [-0.05, 0) is 46.4 Å². The Hall–Kier alpha value is -3.34. The molecule has 0 unspecified atom stereocenters. The van der Waals surface area contributed by atoms with Crippen LogP contribution in [0.5, 0.6) is 0 Å². The molecule has 4 rings (SSSR count).